The van der Waals surface area contributed by atoms with Crippen LogP contribution in [0.3, 0.4) is 0 Å². The van der Waals surface area contributed by atoms with Gasteiger partial charge in [0.1, 0.15) is 5.82 Å². The molecule has 5 heteroatoms. The Kier molecular flexibility index (Phi) is 3.01. The molecule has 2 N–H and O–H groups in total. The highest BCUT2D eigenvalue weighted by Crippen LogP contribution is 2.33. The van der Waals surface area contributed by atoms with Gasteiger partial charge in [-0.3, -0.25) is 0 Å². The van der Waals surface area contributed by atoms with E-state index in [-0.39, 0.29) is 16.9 Å². The van der Waals surface area contributed by atoms with Crippen LogP contribution < -0.4 is 5.32 Å². The second-order valence-electron chi connectivity index (χ2n) is 4.98. The molecular formula is C14H15F3N2. The van der Waals surface area contributed by atoms with Crippen LogP contribution in [0, 0.1) is 17.5 Å². The van der Waals surface area contributed by atoms with Crippen molar-refractivity contribution in [3.8, 4) is 0 Å². The molecule has 1 atom stereocenters. The molecule has 1 aliphatic rings. The first-order chi connectivity index (χ1) is 9.11. The zero-order chi connectivity index (χ0) is 13.6. The Hall–Kier alpha value is -1.49. The molecule has 0 bridgehead atoms. The van der Waals surface area contributed by atoms with E-state index >= 15 is 0 Å². The van der Waals surface area contributed by atoms with E-state index in [1.807, 2.05) is 6.92 Å². The Bertz CT molecular complexity index is 633. The van der Waals surface area contributed by atoms with Gasteiger partial charge in [0.05, 0.1) is 5.52 Å². The summed E-state index contributed by atoms with van der Waals surface area (Å²) in [5.74, 6) is -2.81. The van der Waals surface area contributed by atoms with Gasteiger partial charge in [-0.1, -0.05) is 6.92 Å². The SMILES string of the molecule is CCNC1CCc2[nH]c3c(F)cc(F)c(F)c3c2C1. The van der Waals surface area contributed by atoms with Crippen molar-refractivity contribution in [2.75, 3.05) is 6.54 Å². The van der Waals surface area contributed by atoms with Crippen LogP contribution in [-0.2, 0) is 12.8 Å². The zero-order valence-electron chi connectivity index (χ0n) is 10.6. The smallest absolute Gasteiger partial charge is 0.168 e. The fraction of sp³-hybridized carbons (Fsp3) is 0.429. The quantitative estimate of drug-likeness (QED) is 0.805. The molecule has 1 heterocycles. The fourth-order valence-corrected chi connectivity index (χ4v) is 2.95. The average molecular weight is 268 g/mol. The van der Waals surface area contributed by atoms with Gasteiger partial charge < -0.3 is 10.3 Å². The number of halogens is 3. The summed E-state index contributed by atoms with van der Waals surface area (Å²) in [5, 5.41) is 3.38. The van der Waals surface area contributed by atoms with Gasteiger partial charge in [0.15, 0.2) is 11.6 Å². The van der Waals surface area contributed by atoms with Crippen molar-refractivity contribution < 1.29 is 13.2 Å². The number of aryl methyl sites for hydroxylation is 1. The first kappa shape index (κ1) is 12.5. The molecule has 2 nitrogen and oxygen atoms in total. The molecule has 2 aromatic rings. The highest BCUT2D eigenvalue weighted by molar-refractivity contribution is 5.86. The van der Waals surface area contributed by atoms with Gasteiger partial charge in [-0.2, -0.15) is 0 Å². The summed E-state index contributed by atoms with van der Waals surface area (Å²) in [6.07, 6.45) is 2.24. The van der Waals surface area contributed by atoms with Crippen LogP contribution in [0.5, 0.6) is 0 Å². The number of nitrogens with one attached hydrogen (secondary N) is 2. The highest BCUT2D eigenvalue weighted by atomic mass is 19.2. The Morgan fingerprint density at radius 3 is 2.84 bits per heavy atom. The lowest BCUT2D eigenvalue weighted by molar-refractivity contribution is 0.468. The molecule has 1 aromatic heterocycles. The van der Waals surface area contributed by atoms with Gasteiger partial charge in [-0.05, 0) is 31.4 Å². The minimum Gasteiger partial charge on any atom is -0.356 e. The number of benzene rings is 1. The topological polar surface area (TPSA) is 27.8 Å². The molecule has 1 unspecified atom stereocenters. The summed E-state index contributed by atoms with van der Waals surface area (Å²) in [6.45, 7) is 2.83. The van der Waals surface area contributed by atoms with Crippen LogP contribution in [0.1, 0.15) is 24.6 Å². The standard InChI is InChI=1S/C14H15F3N2/c1-2-18-7-3-4-11-8(5-7)12-13(17)9(15)6-10(16)14(12)19-11/h6-7,18-19H,2-5H2,1H3. The largest absolute Gasteiger partial charge is 0.356 e. The molecule has 0 aliphatic heterocycles. The summed E-state index contributed by atoms with van der Waals surface area (Å²) in [5.41, 5.74) is 1.62. The van der Waals surface area contributed by atoms with E-state index in [2.05, 4.69) is 10.3 Å². The zero-order valence-corrected chi connectivity index (χ0v) is 10.6. The summed E-state index contributed by atoms with van der Waals surface area (Å²) in [6, 6.07) is 0.837. The molecule has 0 radical (unpaired) electrons. The Balaban J connectivity index is 2.17. The van der Waals surface area contributed by atoms with Crippen molar-refractivity contribution in [2.24, 2.45) is 0 Å². The van der Waals surface area contributed by atoms with E-state index in [1.54, 1.807) is 0 Å². The Morgan fingerprint density at radius 1 is 1.32 bits per heavy atom. The van der Waals surface area contributed by atoms with Gasteiger partial charge in [0.25, 0.3) is 0 Å². The number of hydrogen-bond donors (Lipinski definition) is 2. The van der Waals surface area contributed by atoms with Crippen molar-refractivity contribution in [1.82, 2.24) is 10.3 Å². The van der Waals surface area contributed by atoms with E-state index in [9.17, 15) is 13.2 Å². The van der Waals surface area contributed by atoms with Crippen molar-refractivity contribution in [3.05, 3.63) is 34.8 Å². The summed E-state index contributed by atoms with van der Waals surface area (Å²) in [4.78, 5) is 2.91. The number of hydrogen-bond acceptors (Lipinski definition) is 1. The van der Waals surface area contributed by atoms with Gasteiger partial charge >= 0.3 is 0 Å². The molecule has 1 aromatic carbocycles. The van der Waals surface area contributed by atoms with Crippen molar-refractivity contribution in [1.29, 1.82) is 0 Å². The van der Waals surface area contributed by atoms with E-state index in [0.29, 0.717) is 18.1 Å². The second kappa shape index (κ2) is 4.56. The lowest BCUT2D eigenvalue weighted by Crippen LogP contribution is -2.34. The maximum absolute atomic E-state index is 13.9. The molecule has 0 amide bonds. The first-order valence-corrected chi connectivity index (χ1v) is 6.52. The maximum atomic E-state index is 13.9. The molecule has 0 saturated carbocycles. The molecule has 19 heavy (non-hydrogen) atoms. The molecule has 1 aliphatic carbocycles. The van der Waals surface area contributed by atoms with Gasteiger partial charge in [0.2, 0.25) is 0 Å². The summed E-state index contributed by atoms with van der Waals surface area (Å²) >= 11 is 0. The van der Waals surface area contributed by atoms with Gasteiger partial charge in [-0.15, -0.1) is 0 Å². The Morgan fingerprint density at radius 2 is 2.11 bits per heavy atom. The Labute approximate surface area is 109 Å². The van der Waals surface area contributed by atoms with E-state index in [0.717, 1.165) is 25.1 Å². The predicted molar refractivity (Wildman–Crippen MR) is 67.7 cm³/mol. The number of fused-ring (bicyclic) bond motifs is 3. The van der Waals surface area contributed by atoms with Crippen LogP contribution in [0.2, 0.25) is 0 Å². The maximum Gasteiger partial charge on any atom is 0.168 e. The monoisotopic (exact) mass is 268 g/mol. The third kappa shape index (κ3) is 1.92. The molecule has 102 valence electrons. The van der Waals surface area contributed by atoms with Crippen LogP contribution in [0.15, 0.2) is 6.07 Å². The van der Waals surface area contributed by atoms with Crippen LogP contribution in [0.25, 0.3) is 10.9 Å². The van der Waals surface area contributed by atoms with Crippen LogP contribution in [0.4, 0.5) is 13.2 Å². The van der Waals surface area contributed by atoms with Crippen LogP contribution >= 0.6 is 0 Å². The van der Waals surface area contributed by atoms with Crippen molar-refractivity contribution in [2.45, 2.75) is 32.2 Å². The van der Waals surface area contributed by atoms with Crippen molar-refractivity contribution in [3.63, 3.8) is 0 Å². The molecule has 0 fully saturated rings. The normalized spacial score (nSPS) is 18.8. The van der Waals surface area contributed by atoms with Crippen molar-refractivity contribution >= 4 is 10.9 Å². The van der Waals surface area contributed by atoms with E-state index < -0.39 is 17.5 Å². The average Bonchev–Trinajstić information content (AvgIpc) is 2.76. The van der Waals surface area contributed by atoms with E-state index in [1.165, 1.54) is 0 Å². The molecule has 3 rings (SSSR count). The number of likely N-dealkylation sites (N-methyl/N-ethyl adjacent to an activating group) is 1. The lowest BCUT2D eigenvalue weighted by Gasteiger charge is -2.23. The third-order valence-electron chi connectivity index (χ3n) is 3.80. The second-order valence-corrected chi connectivity index (χ2v) is 4.98. The predicted octanol–water partition coefficient (Wildman–Crippen LogP) is 3.05. The first-order valence-electron chi connectivity index (χ1n) is 6.52. The minimum atomic E-state index is -1.13. The molecular weight excluding hydrogens is 253 g/mol. The number of rotatable bonds is 2. The van der Waals surface area contributed by atoms with Gasteiger partial charge in [0, 0.05) is 23.2 Å². The number of H-pyrrole nitrogens is 1. The molecule has 0 spiro atoms. The highest BCUT2D eigenvalue weighted by Gasteiger charge is 2.26. The lowest BCUT2D eigenvalue weighted by atomic mass is 9.91. The third-order valence-corrected chi connectivity index (χ3v) is 3.80. The number of aromatic amines is 1. The van der Waals surface area contributed by atoms with Crippen LogP contribution in [-0.4, -0.2) is 17.6 Å². The summed E-state index contributed by atoms with van der Waals surface area (Å²) in [7, 11) is 0. The summed E-state index contributed by atoms with van der Waals surface area (Å²) < 4.78 is 41.0. The fourth-order valence-electron chi connectivity index (χ4n) is 2.95. The number of aromatic nitrogens is 1. The van der Waals surface area contributed by atoms with Gasteiger partial charge in [-0.25, -0.2) is 13.2 Å². The molecule has 0 saturated heterocycles. The van der Waals surface area contributed by atoms with E-state index in [4.69, 9.17) is 0 Å². The minimum absolute atomic E-state index is 0.0788.